The Kier molecular flexibility index (Phi) is 6.87. The lowest BCUT2D eigenvalue weighted by Gasteiger charge is -2.28. The second-order valence-electron chi connectivity index (χ2n) is 5.20. The number of rotatable bonds is 4. The number of sulfonamides is 1. The SMILES string of the molecule is CC1CC(NS(=O)(=O)Cc2ccc(F)c(Cl)c2)CCN1.Cl. The van der Waals surface area contributed by atoms with E-state index in [9.17, 15) is 12.8 Å². The van der Waals surface area contributed by atoms with E-state index < -0.39 is 15.8 Å². The van der Waals surface area contributed by atoms with E-state index in [1.807, 2.05) is 6.92 Å². The number of hydrogen-bond acceptors (Lipinski definition) is 3. The molecule has 1 fully saturated rings. The highest BCUT2D eigenvalue weighted by atomic mass is 35.5. The maximum absolute atomic E-state index is 13.0. The van der Waals surface area contributed by atoms with Crippen LogP contribution in [0.1, 0.15) is 25.3 Å². The molecule has 2 N–H and O–H groups in total. The van der Waals surface area contributed by atoms with Crippen LogP contribution in [0.2, 0.25) is 5.02 Å². The lowest BCUT2D eigenvalue weighted by Crippen LogP contribution is -2.46. The third kappa shape index (κ3) is 5.71. The van der Waals surface area contributed by atoms with Gasteiger partial charge in [0.25, 0.3) is 0 Å². The average Bonchev–Trinajstić information content (AvgIpc) is 2.33. The molecular weight excluding hydrogens is 338 g/mol. The molecule has 0 radical (unpaired) electrons. The monoisotopic (exact) mass is 356 g/mol. The Bertz CT molecular complexity index is 584. The van der Waals surface area contributed by atoms with E-state index in [-0.39, 0.29) is 29.2 Å². The Morgan fingerprint density at radius 1 is 1.48 bits per heavy atom. The molecule has 2 rings (SSSR count). The van der Waals surface area contributed by atoms with Crippen molar-refractivity contribution in [1.29, 1.82) is 0 Å². The van der Waals surface area contributed by atoms with Crippen molar-refractivity contribution in [3.8, 4) is 0 Å². The Morgan fingerprint density at radius 3 is 2.81 bits per heavy atom. The summed E-state index contributed by atoms with van der Waals surface area (Å²) in [6.45, 7) is 2.83. The van der Waals surface area contributed by atoms with Gasteiger partial charge in [-0.05, 0) is 44.0 Å². The first-order valence-electron chi connectivity index (χ1n) is 6.53. The van der Waals surface area contributed by atoms with E-state index in [1.54, 1.807) is 0 Å². The summed E-state index contributed by atoms with van der Waals surface area (Å²) < 4.78 is 40.0. The predicted octanol–water partition coefficient (Wildman–Crippen LogP) is 2.46. The molecule has 120 valence electrons. The average molecular weight is 357 g/mol. The Morgan fingerprint density at radius 2 is 2.19 bits per heavy atom. The lowest BCUT2D eigenvalue weighted by atomic mass is 10.0. The summed E-state index contributed by atoms with van der Waals surface area (Å²) in [5.74, 6) is -0.737. The second kappa shape index (κ2) is 7.74. The molecule has 1 saturated heterocycles. The van der Waals surface area contributed by atoms with Gasteiger partial charge in [-0.2, -0.15) is 0 Å². The van der Waals surface area contributed by atoms with Crippen LogP contribution in [0.5, 0.6) is 0 Å². The molecule has 4 nitrogen and oxygen atoms in total. The number of hydrogen-bond donors (Lipinski definition) is 2. The van der Waals surface area contributed by atoms with E-state index in [1.165, 1.54) is 18.2 Å². The van der Waals surface area contributed by atoms with E-state index in [0.29, 0.717) is 11.6 Å². The van der Waals surface area contributed by atoms with Crippen LogP contribution in [-0.4, -0.2) is 27.0 Å². The minimum atomic E-state index is -3.45. The van der Waals surface area contributed by atoms with Gasteiger partial charge in [0.2, 0.25) is 10.0 Å². The molecule has 0 saturated carbocycles. The van der Waals surface area contributed by atoms with Gasteiger partial charge in [-0.25, -0.2) is 17.5 Å². The minimum absolute atomic E-state index is 0. The first-order valence-corrected chi connectivity index (χ1v) is 8.56. The van der Waals surface area contributed by atoms with Gasteiger partial charge in [-0.15, -0.1) is 12.4 Å². The van der Waals surface area contributed by atoms with Crippen molar-refractivity contribution in [3.05, 3.63) is 34.6 Å². The zero-order valence-electron chi connectivity index (χ0n) is 11.6. The Hall–Kier alpha value is -0.400. The molecule has 0 amide bonds. The van der Waals surface area contributed by atoms with Gasteiger partial charge < -0.3 is 5.32 Å². The molecule has 1 heterocycles. The van der Waals surface area contributed by atoms with Crippen molar-refractivity contribution in [3.63, 3.8) is 0 Å². The summed E-state index contributed by atoms with van der Waals surface area (Å²) in [6, 6.07) is 4.22. The van der Waals surface area contributed by atoms with Gasteiger partial charge in [-0.1, -0.05) is 17.7 Å². The molecule has 1 aliphatic rings. The molecule has 0 spiro atoms. The summed E-state index contributed by atoms with van der Waals surface area (Å²) in [5.41, 5.74) is 0.478. The van der Waals surface area contributed by atoms with Gasteiger partial charge in [0, 0.05) is 12.1 Å². The standard InChI is InChI=1S/C13H18ClFN2O2S.ClH/c1-9-6-11(4-5-16-9)17-20(18,19)8-10-2-3-13(15)12(14)7-10;/h2-3,7,9,11,16-17H,4-6,8H2,1H3;1H. The van der Waals surface area contributed by atoms with Gasteiger partial charge in [-0.3, -0.25) is 0 Å². The fraction of sp³-hybridized carbons (Fsp3) is 0.538. The molecule has 0 aliphatic carbocycles. The molecule has 1 aliphatic heterocycles. The molecule has 0 bridgehead atoms. The molecule has 1 aromatic carbocycles. The summed E-state index contributed by atoms with van der Waals surface area (Å²) in [7, 11) is -3.45. The van der Waals surface area contributed by atoms with Crippen LogP contribution in [0.4, 0.5) is 4.39 Å². The highest BCUT2D eigenvalue weighted by Gasteiger charge is 2.23. The zero-order valence-corrected chi connectivity index (χ0v) is 14.0. The smallest absolute Gasteiger partial charge is 0.216 e. The van der Waals surface area contributed by atoms with Gasteiger partial charge in [0.05, 0.1) is 10.8 Å². The predicted molar refractivity (Wildman–Crippen MR) is 84.9 cm³/mol. The van der Waals surface area contributed by atoms with Gasteiger partial charge in [0.1, 0.15) is 5.82 Å². The van der Waals surface area contributed by atoms with E-state index in [2.05, 4.69) is 10.0 Å². The fourth-order valence-electron chi connectivity index (χ4n) is 2.38. The number of nitrogens with one attached hydrogen (secondary N) is 2. The normalized spacial score (nSPS) is 22.6. The van der Waals surface area contributed by atoms with Crippen molar-refractivity contribution in [2.24, 2.45) is 0 Å². The van der Waals surface area contributed by atoms with Crippen LogP contribution in [0.3, 0.4) is 0 Å². The van der Waals surface area contributed by atoms with Crippen molar-refractivity contribution in [2.45, 2.75) is 37.6 Å². The van der Waals surface area contributed by atoms with Crippen LogP contribution >= 0.6 is 24.0 Å². The largest absolute Gasteiger partial charge is 0.314 e. The van der Waals surface area contributed by atoms with Crippen LogP contribution < -0.4 is 10.0 Å². The highest BCUT2D eigenvalue weighted by Crippen LogP contribution is 2.18. The highest BCUT2D eigenvalue weighted by molar-refractivity contribution is 7.88. The summed E-state index contributed by atoms with van der Waals surface area (Å²) in [6.07, 6.45) is 1.54. The summed E-state index contributed by atoms with van der Waals surface area (Å²) in [5, 5.41) is 3.21. The molecule has 8 heteroatoms. The molecular formula is C13H19Cl2FN2O2S. The topological polar surface area (TPSA) is 58.2 Å². The third-order valence-corrected chi connectivity index (χ3v) is 5.01. The van der Waals surface area contributed by atoms with Crippen molar-refractivity contribution >= 4 is 34.0 Å². The Balaban J connectivity index is 0.00000220. The van der Waals surface area contributed by atoms with Crippen molar-refractivity contribution in [1.82, 2.24) is 10.0 Å². The van der Waals surface area contributed by atoms with E-state index >= 15 is 0 Å². The maximum atomic E-state index is 13.0. The second-order valence-corrected chi connectivity index (χ2v) is 7.36. The van der Waals surface area contributed by atoms with Gasteiger partial charge in [0.15, 0.2) is 0 Å². The van der Waals surface area contributed by atoms with E-state index in [4.69, 9.17) is 11.6 Å². The Labute approximate surface area is 135 Å². The third-order valence-electron chi connectivity index (χ3n) is 3.31. The van der Waals surface area contributed by atoms with Crippen LogP contribution in [-0.2, 0) is 15.8 Å². The summed E-state index contributed by atoms with van der Waals surface area (Å²) in [4.78, 5) is 0. The van der Waals surface area contributed by atoms with Crippen LogP contribution in [0, 0.1) is 5.82 Å². The minimum Gasteiger partial charge on any atom is -0.314 e. The first-order chi connectivity index (χ1) is 9.35. The van der Waals surface area contributed by atoms with Gasteiger partial charge >= 0.3 is 0 Å². The number of benzene rings is 1. The molecule has 21 heavy (non-hydrogen) atoms. The number of piperidine rings is 1. The van der Waals surface area contributed by atoms with Crippen molar-refractivity contribution in [2.75, 3.05) is 6.54 Å². The van der Waals surface area contributed by atoms with Crippen LogP contribution in [0.25, 0.3) is 0 Å². The quantitative estimate of drug-likeness (QED) is 0.870. The molecule has 2 atom stereocenters. The zero-order chi connectivity index (χ0) is 14.8. The fourth-order valence-corrected chi connectivity index (χ4v) is 4.01. The molecule has 2 unspecified atom stereocenters. The molecule has 1 aromatic rings. The summed E-state index contributed by atoms with van der Waals surface area (Å²) >= 11 is 5.66. The van der Waals surface area contributed by atoms with Crippen LogP contribution in [0.15, 0.2) is 18.2 Å². The van der Waals surface area contributed by atoms with E-state index in [0.717, 1.165) is 19.4 Å². The lowest BCUT2D eigenvalue weighted by molar-refractivity contribution is 0.361. The first kappa shape index (κ1) is 18.6. The molecule has 0 aromatic heterocycles. The van der Waals surface area contributed by atoms with Crippen molar-refractivity contribution < 1.29 is 12.8 Å². The number of halogens is 3. The maximum Gasteiger partial charge on any atom is 0.216 e.